The monoisotopic (exact) mass is 437 g/mol. The molecule has 1 N–H and O–H groups in total. The molecule has 1 aliphatic rings. The molecule has 0 spiro atoms. The highest BCUT2D eigenvalue weighted by atomic mass is 35.5. The Bertz CT molecular complexity index is 852. The average molecular weight is 438 g/mol. The summed E-state index contributed by atoms with van der Waals surface area (Å²) in [5.74, 6) is 0.797. The molecule has 1 atom stereocenters. The van der Waals surface area contributed by atoms with Crippen molar-refractivity contribution in [2.75, 3.05) is 32.1 Å². The average Bonchev–Trinajstić information content (AvgIpc) is 3.16. The van der Waals surface area contributed by atoms with Crippen molar-refractivity contribution in [2.24, 2.45) is 0 Å². The molecule has 156 valence electrons. The van der Waals surface area contributed by atoms with Crippen molar-refractivity contribution in [1.29, 1.82) is 0 Å². The van der Waals surface area contributed by atoms with Gasteiger partial charge in [0.2, 0.25) is 5.91 Å². The van der Waals surface area contributed by atoms with E-state index >= 15 is 0 Å². The smallest absolute Gasteiger partial charge is 0.251 e. The summed E-state index contributed by atoms with van der Waals surface area (Å²) in [7, 11) is 0. The minimum atomic E-state index is -0.338. The molecule has 1 fully saturated rings. The van der Waals surface area contributed by atoms with E-state index in [0.717, 1.165) is 0 Å². The number of ether oxygens (including phenoxy) is 1. The summed E-state index contributed by atoms with van der Waals surface area (Å²) in [6.07, 6.45) is 0. The summed E-state index contributed by atoms with van der Waals surface area (Å²) >= 11 is 7.23. The van der Waals surface area contributed by atoms with Crippen molar-refractivity contribution in [2.45, 2.75) is 31.6 Å². The van der Waals surface area contributed by atoms with Crippen LogP contribution in [0.15, 0.2) is 29.4 Å². The zero-order chi connectivity index (χ0) is 20.8. The fourth-order valence-corrected chi connectivity index (χ4v) is 4.04. The Morgan fingerprint density at radius 2 is 1.93 bits per heavy atom. The Kier molecular flexibility index (Phi) is 7.51. The van der Waals surface area contributed by atoms with Crippen molar-refractivity contribution < 1.29 is 14.3 Å². The highest BCUT2D eigenvalue weighted by Crippen LogP contribution is 2.21. The third-order valence-electron chi connectivity index (χ3n) is 4.59. The minimum Gasteiger partial charge on any atom is -0.378 e. The van der Waals surface area contributed by atoms with Crippen LogP contribution in [-0.2, 0) is 16.1 Å². The molecule has 1 unspecified atom stereocenters. The van der Waals surface area contributed by atoms with Crippen LogP contribution in [0.5, 0.6) is 0 Å². The first-order valence-electron chi connectivity index (χ1n) is 9.47. The van der Waals surface area contributed by atoms with Gasteiger partial charge in [0.25, 0.3) is 5.91 Å². The van der Waals surface area contributed by atoms with Crippen LogP contribution in [0.2, 0.25) is 5.02 Å². The van der Waals surface area contributed by atoms with Gasteiger partial charge in [-0.15, -0.1) is 10.2 Å². The molecule has 1 aromatic carbocycles. The number of nitrogens with one attached hydrogen (secondary N) is 1. The van der Waals surface area contributed by atoms with Gasteiger partial charge in [0.1, 0.15) is 0 Å². The molecule has 29 heavy (non-hydrogen) atoms. The standard InChI is InChI=1S/C19H24ClN5O3S/c1-3-25-17(13(2)21-18(27)14-4-6-15(20)7-5-14)22-23-19(25)29-12-16(26)24-8-10-28-11-9-24/h4-7,13H,3,8-12H2,1-2H3,(H,21,27). The summed E-state index contributed by atoms with van der Waals surface area (Å²) < 4.78 is 7.20. The van der Waals surface area contributed by atoms with E-state index in [9.17, 15) is 9.59 Å². The topological polar surface area (TPSA) is 89.3 Å². The van der Waals surface area contributed by atoms with Crippen LogP contribution in [0.4, 0.5) is 0 Å². The van der Waals surface area contributed by atoms with Crippen LogP contribution in [0.3, 0.4) is 0 Å². The third-order valence-corrected chi connectivity index (χ3v) is 5.80. The molecule has 0 saturated carbocycles. The van der Waals surface area contributed by atoms with Gasteiger partial charge in [-0.1, -0.05) is 23.4 Å². The molecule has 0 aliphatic carbocycles. The number of morpholine rings is 1. The molecule has 1 saturated heterocycles. The van der Waals surface area contributed by atoms with Crippen molar-refractivity contribution in [1.82, 2.24) is 25.0 Å². The lowest BCUT2D eigenvalue weighted by molar-refractivity contribution is -0.132. The van der Waals surface area contributed by atoms with E-state index in [4.69, 9.17) is 16.3 Å². The van der Waals surface area contributed by atoms with Gasteiger partial charge in [0, 0.05) is 30.2 Å². The van der Waals surface area contributed by atoms with Crippen LogP contribution in [0.25, 0.3) is 0 Å². The summed E-state index contributed by atoms with van der Waals surface area (Å²) in [4.78, 5) is 26.6. The van der Waals surface area contributed by atoms with Gasteiger partial charge in [-0.2, -0.15) is 0 Å². The molecule has 8 nitrogen and oxygen atoms in total. The van der Waals surface area contributed by atoms with Gasteiger partial charge in [-0.3, -0.25) is 9.59 Å². The van der Waals surface area contributed by atoms with E-state index in [1.807, 2.05) is 18.4 Å². The molecule has 0 radical (unpaired) electrons. The number of benzene rings is 1. The number of thioether (sulfide) groups is 1. The molecule has 2 aromatic rings. The number of rotatable bonds is 7. The van der Waals surface area contributed by atoms with E-state index in [2.05, 4.69) is 15.5 Å². The van der Waals surface area contributed by atoms with Crippen LogP contribution in [0, 0.1) is 0 Å². The SMILES string of the molecule is CCn1c(SCC(=O)N2CCOCC2)nnc1C(C)NC(=O)c1ccc(Cl)cc1. The first kappa shape index (κ1) is 21.6. The first-order valence-corrected chi connectivity index (χ1v) is 10.8. The van der Waals surface area contributed by atoms with Crippen LogP contribution >= 0.6 is 23.4 Å². The molecule has 1 aliphatic heterocycles. The highest BCUT2D eigenvalue weighted by Gasteiger charge is 2.22. The molecule has 2 amide bonds. The Balaban J connectivity index is 1.62. The Hall–Kier alpha value is -2.10. The largest absolute Gasteiger partial charge is 0.378 e. The summed E-state index contributed by atoms with van der Waals surface area (Å²) in [6.45, 7) is 6.88. The number of halogens is 1. The van der Waals surface area contributed by atoms with Crippen molar-refractivity contribution >= 4 is 35.2 Å². The summed E-state index contributed by atoms with van der Waals surface area (Å²) in [5.41, 5.74) is 0.523. The zero-order valence-corrected chi connectivity index (χ0v) is 18.0. The molecule has 1 aromatic heterocycles. The van der Waals surface area contributed by atoms with Gasteiger partial charge in [0.05, 0.1) is 25.0 Å². The predicted octanol–water partition coefficient (Wildman–Crippen LogP) is 2.39. The molecule has 0 bridgehead atoms. The lowest BCUT2D eigenvalue weighted by atomic mass is 10.2. The summed E-state index contributed by atoms with van der Waals surface area (Å²) in [6, 6.07) is 6.36. The number of hydrogen-bond acceptors (Lipinski definition) is 6. The number of hydrogen-bond donors (Lipinski definition) is 1. The Morgan fingerprint density at radius 3 is 2.59 bits per heavy atom. The second kappa shape index (κ2) is 10.1. The molecule has 3 rings (SSSR count). The van der Waals surface area contributed by atoms with Crippen LogP contribution in [0.1, 0.15) is 36.1 Å². The molecule has 10 heteroatoms. The number of aromatic nitrogens is 3. The second-order valence-corrected chi connectivity index (χ2v) is 7.95. The maximum Gasteiger partial charge on any atom is 0.251 e. The van der Waals surface area contributed by atoms with Gasteiger partial charge < -0.3 is 19.5 Å². The minimum absolute atomic E-state index is 0.0644. The third kappa shape index (κ3) is 5.49. The normalized spacial score (nSPS) is 15.2. The van der Waals surface area contributed by atoms with E-state index in [1.165, 1.54) is 11.8 Å². The lowest BCUT2D eigenvalue weighted by Gasteiger charge is -2.26. The van der Waals surface area contributed by atoms with E-state index in [-0.39, 0.29) is 17.9 Å². The first-order chi connectivity index (χ1) is 14.0. The van der Waals surface area contributed by atoms with Crippen LogP contribution in [-0.4, -0.2) is 63.5 Å². The number of carbonyl (C=O) groups excluding carboxylic acids is 2. The second-order valence-electron chi connectivity index (χ2n) is 6.57. The van der Waals surface area contributed by atoms with Crippen molar-refractivity contribution in [3.63, 3.8) is 0 Å². The zero-order valence-electron chi connectivity index (χ0n) is 16.4. The molecular formula is C19H24ClN5O3S. The highest BCUT2D eigenvalue weighted by molar-refractivity contribution is 7.99. The van der Waals surface area contributed by atoms with E-state index in [0.29, 0.717) is 60.2 Å². The van der Waals surface area contributed by atoms with Crippen molar-refractivity contribution in [3.8, 4) is 0 Å². The Morgan fingerprint density at radius 1 is 1.24 bits per heavy atom. The van der Waals surface area contributed by atoms with Gasteiger partial charge in [-0.05, 0) is 38.1 Å². The molecular weight excluding hydrogens is 414 g/mol. The fraction of sp³-hybridized carbons (Fsp3) is 0.474. The Labute approximate surface area is 178 Å². The van der Waals surface area contributed by atoms with E-state index in [1.54, 1.807) is 29.2 Å². The maximum absolute atomic E-state index is 12.5. The van der Waals surface area contributed by atoms with Crippen molar-refractivity contribution in [3.05, 3.63) is 40.7 Å². The quantitative estimate of drug-likeness (QED) is 0.669. The predicted molar refractivity (Wildman–Crippen MR) is 111 cm³/mol. The van der Waals surface area contributed by atoms with Gasteiger partial charge in [0.15, 0.2) is 11.0 Å². The molecule has 2 heterocycles. The number of carbonyl (C=O) groups is 2. The fourth-order valence-electron chi connectivity index (χ4n) is 3.00. The van der Waals surface area contributed by atoms with Gasteiger partial charge in [-0.25, -0.2) is 0 Å². The van der Waals surface area contributed by atoms with Gasteiger partial charge >= 0.3 is 0 Å². The summed E-state index contributed by atoms with van der Waals surface area (Å²) in [5, 5.41) is 12.7. The number of nitrogens with zero attached hydrogens (tertiary/aromatic N) is 4. The lowest BCUT2D eigenvalue weighted by Crippen LogP contribution is -2.41. The van der Waals surface area contributed by atoms with Crippen LogP contribution < -0.4 is 5.32 Å². The van der Waals surface area contributed by atoms with E-state index < -0.39 is 0 Å². The maximum atomic E-state index is 12.5. The number of amides is 2.